The summed E-state index contributed by atoms with van der Waals surface area (Å²) < 4.78 is 9.73. The largest absolute Gasteiger partial charge is 0.457 e. The molecule has 5 aliphatic carbocycles. The molecule has 1 aromatic heterocycles. The van der Waals surface area contributed by atoms with Crippen molar-refractivity contribution in [2.45, 2.75) is 82.5 Å². The van der Waals surface area contributed by atoms with Crippen molar-refractivity contribution in [3.8, 4) is 11.5 Å². The number of fused-ring (bicyclic) bond motifs is 11. The van der Waals surface area contributed by atoms with Crippen molar-refractivity contribution in [1.29, 1.82) is 0 Å². The Morgan fingerprint density at radius 3 is 2.25 bits per heavy atom. The number of rotatable bonds is 3. The first-order chi connectivity index (χ1) is 24.7. The number of benzene rings is 5. The molecule has 6 atom stereocenters. The second-order valence-electron chi connectivity index (χ2n) is 18.4. The van der Waals surface area contributed by atoms with Gasteiger partial charge in [0.1, 0.15) is 11.5 Å². The van der Waals surface area contributed by atoms with E-state index in [1.807, 2.05) is 11.3 Å². The van der Waals surface area contributed by atoms with Gasteiger partial charge in [-0.15, -0.1) is 11.3 Å². The van der Waals surface area contributed by atoms with Gasteiger partial charge in [0, 0.05) is 54.2 Å². The number of anilines is 3. The number of thiophene rings is 1. The molecule has 6 aliphatic rings. The molecule has 0 N–H and O–H groups in total. The zero-order chi connectivity index (χ0) is 34.1. The van der Waals surface area contributed by atoms with Crippen LogP contribution in [0.25, 0.3) is 20.2 Å². The van der Waals surface area contributed by atoms with E-state index in [1.54, 1.807) is 0 Å². The fraction of sp³-hybridized carbons (Fsp3) is 0.375. The van der Waals surface area contributed by atoms with Gasteiger partial charge in [-0.2, -0.15) is 0 Å². The van der Waals surface area contributed by atoms with Crippen LogP contribution in [0.1, 0.15) is 88.5 Å². The maximum Gasteiger partial charge on any atom is 0.133 e. The molecule has 51 heavy (non-hydrogen) atoms. The van der Waals surface area contributed by atoms with Crippen LogP contribution < -0.4 is 9.64 Å². The lowest BCUT2D eigenvalue weighted by Gasteiger charge is -2.77. The van der Waals surface area contributed by atoms with Crippen molar-refractivity contribution in [3.63, 3.8) is 0 Å². The van der Waals surface area contributed by atoms with Gasteiger partial charge in [-0.3, -0.25) is 0 Å². The van der Waals surface area contributed by atoms with E-state index in [1.165, 1.54) is 98.0 Å². The first kappa shape index (κ1) is 29.5. The van der Waals surface area contributed by atoms with Gasteiger partial charge in [0.05, 0.1) is 5.69 Å². The summed E-state index contributed by atoms with van der Waals surface area (Å²) in [5, 5.41) is 2.67. The summed E-state index contributed by atoms with van der Waals surface area (Å²) in [5.41, 5.74) is 10.4. The van der Waals surface area contributed by atoms with E-state index in [4.69, 9.17) is 4.74 Å². The Balaban J connectivity index is 1.09. The van der Waals surface area contributed by atoms with E-state index in [2.05, 4.69) is 136 Å². The second kappa shape index (κ2) is 9.47. The smallest absolute Gasteiger partial charge is 0.133 e. The molecule has 0 amide bonds. The molecule has 0 saturated heterocycles. The monoisotopic (exact) mass is 683 g/mol. The minimum Gasteiger partial charge on any atom is -0.457 e. The maximum atomic E-state index is 7.04. The molecule has 2 spiro atoms. The molecule has 5 aromatic carbocycles. The van der Waals surface area contributed by atoms with Gasteiger partial charge in [0.25, 0.3) is 0 Å². The van der Waals surface area contributed by atoms with Gasteiger partial charge in [-0.25, -0.2) is 0 Å². The average molecular weight is 684 g/mol. The number of nitrogens with zero attached hydrogens (tertiary/aromatic N) is 1. The summed E-state index contributed by atoms with van der Waals surface area (Å²) in [4.78, 5) is 2.57. The standard InChI is InChI=1S/C48H45NOS/c1-45(2)20-21-46(3,4)44-36(45)12-9-13-37(44)49(30-17-19-41-33(25-30)32-10-5-8-15-40(32)51-41)31-16-18-35-39(26-31)50-38-14-7-6-11-34(38)48(35)42-23-28-22-29-24-43(48)47(29,42)27-28/h5-19,25-26,28-29,42-43H,20-24,27H2,1-4H3. The first-order valence-corrected chi connectivity index (χ1v) is 20.3. The normalized spacial score (nSPS) is 30.9. The molecule has 2 bridgehead atoms. The van der Waals surface area contributed by atoms with Crippen molar-refractivity contribution in [2.24, 2.45) is 29.1 Å². The Labute approximate surface area is 305 Å². The zero-order valence-electron chi connectivity index (χ0n) is 30.1. The van der Waals surface area contributed by atoms with Crippen LogP contribution in [0.4, 0.5) is 17.1 Å². The minimum atomic E-state index is 0.0510. The number of hydrogen-bond donors (Lipinski definition) is 0. The van der Waals surface area contributed by atoms with Gasteiger partial charge in [-0.05, 0) is 132 Å². The van der Waals surface area contributed by atoms with Crippen molar-refractivity contribution in [1.82, 2.24) is 0 Å². The fourth-order valence-corrected chi connectivity index (χ4v) is 14.5. The molecule has 12 rings (SSSR count). The van der Waals surface area contributed by atoms with Crippen molar-refractivity contribution in [2.75, 3.05) is 4.90 Å². The fourth-order valence-electron chi connectivity index (χ4n) is 13.4. The van der Waals surface area contributed by atoms with Crippen LogP contribution in [0.15, 0.2) is 103 Å². The zero-order valence-corrected chi connectivity index (χ0v) is 30.9. The van der Waals surface area contributed by atoms with Crippen molar-refractivity contribution >= 4 is 48.6 Å². The highest BCUT2D eigenvalue weighted by atomic mass is 32.1. The number of para-hydroxylation sites is 1. The van der Waals surface area contributed by atoms with Gasteiger partial charge in [0.2, 0.25) is 0 Å². The Morgan fingerprint density at radius 1 is 0.627 bits per heavy atom. The van der Waals surface area contributed by atoms with Crippen LogP contribution in [0.5, 0.6) is 11.5 Å². The van der Waals surface area contributed by atoms with Gasteiger partial charge >= 0.3 is 0 Å². The highest BCUT2D eigenvalue weighted by Gasteiger charge is 2.84. The van der Waals surface area contributed by atoms with Crippen LogP contribution in [0.3, 0.4) is 0 Å². The van der Waals surface area contributed by atoms with Crippen LogP contribution in [0.2, 0.25) is 0 Å². The Hall–Kier alpha value is -4.08. The van der Waals surface area contributed by atoms with E-state index in [-0.39, 0.29) is 16.2 Å². The molecular weight excluding hydrogens is 639 g/mol. The molecule has 6 aromatic rings. The maximum absolute atomic E-state index is 7.04. The summed E-state index contributed by atoms with van der Waals surface area (Å²) in [6.45, 7) is 9.80. The molecule has 2 heterocycles. The third-order valence-corrected chi connectivity index (χ3v) is 16.6. The lowest BCUT2D eigenvalue weighted by molar-refractivity contribution is -0.235. The number of hydrogen-bond acceptors (Lipinski definition) is 3. The highest BCUT2D eigenvalue weighted by Crippen LogP contribution is 2.89. The lowest BCUT2D eigenvalue weighted by atomic mass is 9.26. The molecule has 6 unspecified atom stereocenters. The predicted octanol–water partition coefficient (Wildman–Crippen LogP) is 13.3. The van der Waals surface area contributed by atoms with E-state index in [9.17, 15) is 0 Å². The Morgan fingerprint density at radius 2 is 1.35 bits per heavy atom. The highest BCUT2D eigenvalue weighted by molar-refractivity contribution is 7.25. The Kier molecular flexibility index (Phi) is 5.48. The molecule has 1 aliphatic heterocycles. The topological polar surface area (TPSA) is 12.5 Å². The first-order valence-electron chi connectivity index (χ1n) is 19.5. The lowest BCUT2D eigenvalue weighted by Crippen LogP contribution is -2.74. The van der Waals surface area contributed by atoms with Gasteiger partial charge < -0.3 is 9.64 Å². The van der Waals surface area contributed by atoms with E-state index < -0.39 is 0 Å². The second-order valence-corrected chi connectivity index (χ2v) is 19.5. The van der Waals surface area contributed by atoms with Crippen LogP contribution in [-0.4, -0.2) is 0 Å². The third kappa shape index (κ3) is 3.46. The SMILES string of the molecule is CC1(C)CCC(C)(C)c2c(N(c3ccc4c(c3)Oc3ccccc3C43C4CC5CC6CC3C64C5)c3ccc4sc5ccccc5c4c3)cccc21. The Bertz CT molecular complexity index is 2490. The third-order valence-electron chi connectivity index (χ3n) is 15.4. The van der Waals surface area contributed by atoms with Crippen LogP contribution >= 0.6 is 11.3 Å². The van der Waals surface area contributed by atoms with Crippen LogP contribution in [0, 0.1) is 29.1 Å². The van der Waals surface area contributed by atoms with Gasteiger partial charge in [-0.1, -0.05) is 82.3 Å². The minimum absolute atomic E-state index is 0.0510. The van der Waals surface area contributed by atoms with E-state index in [0.717, 1.165) is 35.2 Å². The quantitative estimate of drug-likeness (QED) is 0.184. The molecule has 2 nitrogen and oxygen atoms in total. The summed E-state index contributed by atoms with van der Waals surface area (Å²) >= 11 is 1.89. The summed E-state index contributed by atoms with van der Waals surface area (Å²) in [5.74, 6) is 5.54. The molecule has 254 valence electrons. The van der Waals surface area contributed by atoms with Crippen molar-refractivity contribution in [3.05, 3.63) is 125 Å². The molecular formula is C48H45NOS. The molecule has 3 heteroatoms. The average Bonchev–Trinajstić information content (AvgIpc) is 3.79. The summed E-state index contributed by atoms with van der Waals surface area (Å²) in [7, 11) is 0. The molecule has 4 saturated carbocycles. The van der Waals surface area contributed by atoms with Crippen molar-refractivity contribution < 1.29 is 4.74 Å². The van der Waals surface area contributed by atoms with Gasteiger partial charge in [0.15, 0.2) is 0 Å². The van der Waals surface area contributed by atoms with Crippen LogP contribution in [-0.2, 0) is 16.2 Å². The van der Waals surface area contributed by atoms with E-state index >= 15 is 0 Å². The molecule has 4 fully saturated rings. The van der Waals surface area contributed by atoms with E-state index in [0.29, 0.717) is 5.41 Å². The summed E-state index contributed by atoms with van der Waals surface area (Å²) in [6, 6.07) is 39.6. The summed E-state index contributed by atoms with van der Waals surface area (Å²) in [6.07, 6.45) is 8.12. The predicted molar refractivity (Wildman–Crippen MR) is 211 cm³/mol. The number of ether oxygens (including phenoxy) is 1. The molecule has 0 radical (unpaired) electrons.